The first-order valence-electron chi connectivity index (χ1n) is 5.85. The highest BCUT2D eigenvalue weighted by Gasteiger charge is 2.08. The molecule has 0 saturated heterocycles. The summed E-state index contributed by atoms with van der Waals surface area (Å²) in [6.07, 6.45) is 5.43. The van der Waals surface area contributed by atoms with E-state index in [1.54, 1.807) is 6.33 Å². The summed E-state index contributed by atoms with van der Waals surface area (Å²) in [4.78, 5) is 11.7. The SMILES string of the molecule is Brc1c[nH]c2ncnc(CCc3ccccc3)c12. The van der Waals surface area contributed by atoms with Crippen molar-refractivity contribution >= 4 is 27.0 Å². The van der Waals surface area contributed by atoms with Crippen LogP contribution in [0.4, 0.5) is 0 Å². The van der Waals surface area contributed by atoms with Crippen LogP contribution in [0.2, 0.25) is 0 Å². The minimum absolute atomic E-state index is 0.889. The second-order valence-electron chi connectivity index (χ2n) is 4.17. The summed E-state index contributed by atoms with van der Waals surface area (Å²) in [7, 11) is 0. The molecule has 0 radical (unpaired) electrons. The number of fused-ring (bicyclic) bond motifs is 1. The minimum Gasteiger partial charge on any atom is -0.345 e. The maximum atomic E-state index is 4.39. The van der Waals surface area contributed by atoms with E-state index in [1.807, 2.05) is 12.3 Å². The van der Waals surface area contributed by atoms with Gasteiger partial charge in [-0.05, 0) is 34.3 Å². The van der Waals surface area contributed by atoms with E-state index in [2.05, 4.69) is 55.1 Å². The Hall–Kier alpha value is -1.68. The molecule has 0 fully saturated rings. The van der Waals surface area contributed by atoms with Crippen LogP contribution < -0.4 is 0 Å². The van der Waals surface area contributed by atoms with Crippen LogP contribution in [0.1, 0.15) is 11.3 Å². The van der Waals surface area contributed by atoms with Crippen molar-refractivity contribution in [1.82, 2.24) is 15.0 Å². The summed E-state index contributed by atoms with van der Waals surface area (Å²) in [5.41, 5.74) is 3.30. The van der Waals surface area contributed by atoms with E-state index in [0.29, 0.717) is 0 Å². The van der Waals surface area contributed by atoms with Gasteiger partial charge in [-0.3, -0.25) is 0 Å². The third-order valence-corrected chi connectivity index (χ3v) is 3.62. The lowest BCUT2D eigenvalue weighted by atomic mass is 10.1. The molecule has 0 aliphatic carbocycles. The molecule has 0 saturated carbocycles. The van der Waals surface area contributed by atoms with E-state index < -0.39 is 0 Å². The van der Waals surface area contributed by atoms with Gasteiger partial charge < -0.3 is 4.98 Å². The molecule has 1 aromatic carbocycles. The Balaban J connectivity index is 1.89. The fourth-order valence-corrected chi connectivity index (χ4v) is 2.61. The molecule has 3 rings (SSSR count). The highest BCUT2D eigenvalue weighted by molar-refractivity contribution is 9.10. The van der Waals surface area contributed by atoms with Gasteiger partial charge in [-0.2, -0.15) is 0 Å². The molecule has 0 amide bonds. The average Bonchev–Trinajstić information content (AvgIpc) is 2.80. The van der Waals surface area contributed by atoms with Gasteiger partial charge in [0.1, 0.15) is 12.0 Å². The summed E-state index contributed by atoms with van der Waals surface area (Å²) < 4.78 is 1.03. The van der Waals surface area contributed by atoms with Gasteiger partial charge in [0.05, 0.1) is 11.1 Å². The molecule has 4 heteroatoms. The Kier molecular flexibility index (Phi) is 3.11. The Morgan fingerprint density at radius 2 is 1.89 bits per heavy atom. The van der Waals surface area contributed by atoms with Crippen LogP contribution in [0.5, 0.6) is 0 Å². The number of aromatic amines is 1. The topological polar surface area (TPSA) is 41.6 Å². The number of halogens is 1. The van der Waals surface area contributed by atoms with E-state index in [0.717, 1.165) is 34.0 Å². The monoisotopic (exact) mass is 301 g/mol. The molecule has 0 unspecified atom stereocenters. The molecular formula is C14H12BrN3. The molecule has 3 aromatic rings. The van der Waals surface area contributed by atoms with Crippen molar-refractivity contribution in [2.24, 2.45) is 0 Å². The van der Waals surface area contributed by atoms with Crippen molar-refractivity contribution in [2.75, 3.05) is 0 Å². The number of benzene rings is 1. The fraction of sp³-hybridized carbons (Fsp3) is 0.143. The maximum Gasteiger partial charge on any atom is 0.142 e. The van der Waals surface area contributed by atoms with Crippen LogP contribution in [0.25, 0.3) is 11.0 Å². The van der Waals surface area contributed by atoms with E-state index in [4.69, 9.17) is 0 Å². The second-order valence-corrected chi connectivity index (χ2v) is 5.02. The maximum absolute atomic E-state index is 4.39. The minimum atomic E-state index is 0.889. The number of hydrogen-bond donors (Lipinski definition) is 1. The normalized spacial score (nSPS) is 10.9. The van der Waals surface area contributed by atoms with Crippen molar-refractivity contribution in [3.8, 4) is 0 Å². The predicted octanol–water partition coefficient (Wildman–Crippen LogP) is 3.51. The van der Waals surface area contributed by atoms with Crippen LogP contribution in [-0.4, -0.2) is 15.0 Å². The Bertz CT molecular complexity index is 661. The van der Waals surface area contributed by atoms with Crippen molar-refractivity contribution in [3.05, 3.63) is 58.6 Å². The molecule has 0 aliphatic heterocycles. The molecule has 2 aromatic heterocycles. The van der Waals surface area contributed by atoms with Crippen LogP contribution in [0, 0.1) is 0 Å². The van der Waals surface area contributed by atoms with Gasteiger partial charge in [0, 0.05) is 10.7 Å². The average molecular weight is 302 g/mol. The molecule has 3 nitrogen and oxygen atoms in total. The quantitative estimate of drug-likeness (QED) is 0.804. The number of rotatable bonds is 3. The lowest BCUT2D eigenvalue weighted by molar-refractivity contribution is 0.916. The van der Waals surface area contributed by atoms with Gasteiger partial charge in [-0.1, -0.05) is 30.3 Å². The molecule has 18 heavy (non-hydrogen) atoms. The van der Waals surface area contributed by atoms with E-state index in [1.165, 1.54) is 5.56 Å². The van der Waals surface area contributed by atoms with Crippen molar-refractivity contribution in [1.29, 1.82) is 0 Å². The van der Waals surface area contributed by atoms with Crippen molar-refractivity contribution in [2.45, 2.75) is 12.8 Å². The molecule has 0 spiro atoms. The lowest BCUT2D eigenvalue weighted by Gasteiger charge is -2.03. The van der Waals surface area contributed by atoms with Gasteiger partial charge in [0.15, 0.2) is 0 Å². The Morgan fingerprint density at radius 1 is 1.06 bits per heavy atom. The van der Waals surface area contributed by atoms with E-state index in [9.17, 15) is 0 Å². The summed E-state index contributed by atoms with van der Waals surface area (Å²) >= 11 is 3.53. The number of H-pyrrole nitrogens is 1. The third-order valence-electron chi connectivity index (χ3n) is 2.99. The summed E-state index contributed by atoms with van der Waals surface area (Å²) in [5.74, 6) is 0. The zero-order valence-electron chi connectivity index (χ0n) is 9.73. The summed E-state index contributed by atoms with van der Waals surface area (Å²) in [5, 5.41) is 1.09. The highest BCUT2D eigenvalue weighted by Crippen LogP contribution is 2.25. The van der Waals surface area contributed by atoms with Crippen LogP contribution >= 0.6 is 15.9 Å². The Labute approximate surface area is 113 Å². The van der Waals surface area contributed by atoms with E-state index in [-0.39, 0.29) is 0 Å². The first-order valence-corrected chi connectivity index (χ1v) is 6.64. The van der Waals surface area contributed by atoms with Crippen molar-refractivity contribution in [3.63, 3.8) is 0 Å². The highest BCUT2D eigenvalue weighted by atomic mass is 79.9. The third kappa shape index (κ3) is 2.16. The first kappa shape index (κ1) is 11.4. The largest absolute Gasteiger partial charge is 0.345 e. The molecule has 1 N–H and O–H groups in total. The van der Waals surface area contributed by atoms with Gasteiger partial charge in [0.2, 0.25) is 0 Å². The van der Waals surface area contributed by atoms with Gasteiger partial charge in [-0.15, -0.1) is 0 Å². The molecule has 0 atom stereocenters. The first-order chi connectivity index (χ1) is 8.84. The van der Waals surface area contributed by atoms with Gasteiger partial charge in [-0.25, -0.2) is 9.97 Å². The zero-order chi connectivity index (χ0) is 12.4. The van der Waals surface area contributed by atoms with Gasteiger partial charge >= 0.3 is 0 Å². The van der Waals surface area contributed by atoms with Gasteiger partial charge in [0.25, 0.3) is 0 Å². The number of aryl methyl sites for hydroxylation is 2. The number of nitrogens with zero attached hydrogens (tertiary/aromatic N) is 2. The standard InChI is InChI=1S/C14H12BrN3/c15-11-8-16-14-13(11)12(17-9-18-14)7-6-10-4-2-1-3-5-10/h1-5,8-9H,6-7H2,(H,16,17,18). The van der Waals surface area contributed by atoms with Crippen LogP contribution in [-0.2, 0) is 12.8 Å². The molecular weight excluding hydrogens is 290 g/mol. The zero-order valence-corrected chi connectivity index (χ0v) is 11.3. The summed E-state index contributed by atoms with van der Waals surface area (Å²) in [6, 6.07) is 10.5. The van der Waals surface area contributed by atoms with E-state index >= 15 is 0 Å². The lowest BCUT2D eigenvalue weighted by Crippen LogP contribution is -1.96. The van der Waals surface area contributed by atoms with Crippen LogP contribution in [0.15, 0.2) is 47.3 Å². The smallest absolute Gasteiger partial charge is 0.142 e. The Morgan fingerprint density at radius 3 is 2.72 bits per heavy atom. The molecule has 90 valence electrons. The van der Waals surface area contributed by atoms with Crippen LogP contribution in [0.3, 0.4) is 0 Å². The fourth-order valence-electron chi connectivity index (χ4n) is 2.08. The summed E-state index contributed by atoms with van der Waals surface area (Å²) in [6.45, 7) is 0. The predicted molar refractivity (Wildman–Crippen MR) is 75.4 cm³/mol. The second kappa shape index (κ2) is 4.90. The number of hydrogen-bond acceptors (Lipinski definition) is 2. The number of aromatic nitrogens is 3. The molecule has 0 bridgehead atoms. The molecule has 0 aliphatic rings. The number of nitrogens with one attached hydrogen (secondary N) is 1. The molecule has 2 heterocycles. The van der Waals surface area contributed by atoms with Crippen molar-refractivity contribution < 1.29 is 0 Å².